The largest absolute Gasteiger partial charge is 0.416 e. The Hall–Kier alpha value is -1.07. The van der Waals surface area contributed by atoms with Crippen molar-refractivity contribution in [1.82, 2.24) is 10.6 Å². The number of piperazine rings is 1. The molecule has 1 saturated heterocycles. The molecular weight excluding hydrogens is 241 g/mol. The number of hydrogen-bond acceptors (Lipinski definition) is 2. The van der Waals surface area contributed by atoms with Crippen molar-refractivity contribution in [2.45, 2.75) is 25.1 Å². The van der Waals surface area contributed by atoms with Gasteiger partial charge in [0.1, 0.15) is 0 Å². The Balaban J connectivity index is 1.86. The second-order valence-corrected chi connectivity index (χ2v) is 4.59. The molecule has 0 radical (unpaired) electrons. The van der Waals surface area contributed by atoms with E-state index in [1.54, 1.807) is 12.1 Å². The van der Waals surface area contributed by atoms with Crippen molar-refractivity contribution in [2.75, 3.05) is 19.6 Å². The lowest BCUT2D eigenvalue weighted by Gasteiger charge is -2.24. The molecule has 100 valence electrons. The van der Waals surface area contributed by atoms with Crippen molar-refractivity contribution in [3.8, 4) is 0 Å². The van der Waals surface area contributed by atoms with Crippen LogP contribution < -0.4 is 10.6 Å². The first-order valence-electron chi connectivity index (χ1n) is 6.16. The number of alkyl halides is 3. The molecule has 2 nitrogen and oxygen atoms in total. The standard InChI is InChI=1S/C13H17F3N2/c14-13(15,16)11-4-1-10(2-5-11)3-6-12-9-17-7-8-18-12/h1-2,4-5,12,17-18H,3,6-9H2/t12-/m1/s1. The zero-order valence-electron chi connectivity index (χ0n) is 10.1. The normalized spacial score (nSPS) is 20.9. The van der Waals surface area contributed by atoms with Gasteiger partial charge in [-0.05, 0) is 30.5 Å². The van der Waals surface area contributed by atoms with E-state index in [9.17, 15) is 13.2 Å². The van der Waals surface area contributed by atoms with Crippen molar-refractivity contribution in [3.63, 3.8) is 0 Å². The predicted octanol–water partition coefficient (Wildman–Crippen LogP) is 2.20. The highest BCUT2D eigenvalue weighted by molar-refractivity contribution is 5.24. The molecule has 1 aromatic rings. The molecule has 2 N–H and O–H groups in total. The van der Waals surface area contributed by atoms with Crippen LogP contribution in [-0.4, -0.2) is 25.7 Å². The molecule has 0 unspecified atom stereocenters. The zero-order valence-corrected chi connectivity index (χ0v) is 10.1. The van der Waals surface area contributed by atoms with Crippen molar-refractivity contribution in [1.29, 1.82) is 0 Å². The Labute approximate surface area is 105 Å². The predicted molar refractivity (Wildman–Crippen MR) is 64.4 cm³/mol. The highest BCUT2D eigenvalue weighted by Crippen LogP contribution is 2.29. The van der Waals surface area contributed by atoms with Gasteiger partial charge in [0.2, 0.25) is 0 Å². The fraction of sp³-hybridized carbons (Fsp3) is 0.538. The summed E-state index contributed by atoms with van der Waals surface area (Å²) in [6, 6.07) is 5.86. The van der Waals surface area contributed by atoms with Crippen LogP contribution in [0.5, 0.6) is 0 Å². The third-order valence-electron chi connectivity index (χ3n) is 3.19. The minimum Gasteiger partial charge on any atom is -0.314 e. The Morgan fingerprint density at radius 1 is 1.11 bits per heavy atom. The SMILES string of the molecule is FC(F)(F)c1ccc(CC[C@@H]2CNCCN2)cc1. The zero-order chi connectivity index (χ0) is 13.0. The summed E-state index contributed by atoms with van der Waals surface area (Å²) < 4.78 is 37.1. The van der Waals surface area contributed by atoms with Crippen LogP contribution in [0.15, 0.2) is 24.3 Å². The Kier molecular flexibility index (Phi) is 4.24. The van der Waals surface area contributed by atoms with Gasteiger partial charge in [0, 0.05) is 25.7 Å². The van der Waals surface area contributed by atoms with Crippen LogP contribution in [0, 0.1) is 0 Å². The topological polar surface area (TPSA) is 24.1 Å². The first-order chi connectivity index (χ1) is 8.55. The monoisotopic (exact) mass is 258 g/mol. The van der Waals surface area contributed by atoms with Gasteiger partial charge in [-0.25, -0.2) is 0 Å². The molecule has 0 spiro atoms. The Morgan fingerprint density at radius 2 is 1.83 bits per heavy atom. The number of hydrogen-bond donors (Lipinski definition) is 2. The summed E-state index contributed by atoms with van der Waals surface area (Å²) in [5.41, 5.74) is 0.374. The van der Waals surface area contributed by atoms with Crippen LogP contribution in [0.2, 0.25) is 0 Å². The summed E-state index contributed by atoms with van der Waals surface area (Å²) in [4.78, 5) is 0. The third kappa shape index (κ3) is 3.71. The lowest BCUT2D eigenvalue weighted by molar-refractivity contribution is -0.137. The van der Waals surface area contributed by atoms with Gasteiger partial charge in [-0.1, -0.05) is 12.1 Å². The summed E-state index contributed by atoms with van der Waals surface area (Å²) in [5, 5.41) is 6.67. The number of benzene rings is 1. The lowest BCUT2D eigenvalue weighted by atomic mass is 10.0. The van der Waals surface area contributed by atoms with Crippen LogP contribution >= 0.6 is 0 Å². The van der Waals surface area contributed by atoms with E-state index in [-0.39, 0.29) is 0 Å². The number of halogens is 3. The van der Waals surface area contributed by atoms with Gasteiger partial charge in [-0.3, -0.25) is 0 Å². The minimum atomic E-state index is -4.24. The van der Waals surface area contributed by atoms with Gasteiger partial charge in [0.25, 0.3) is 0 Å². The van der Waals surface area contributed by atoms with Gasteiger partial charge in [0.15, 0.2) is 0 Å². The molecule has 5 heteroatoms. The van der Waals surface area contributed by atoms with Crippen LogP contribution in [-0.2, 0) is 12.6 Å². The number of aryl methyl sites for hydroxylation is 1. The molecule has 0 aliphatic carbocycles. The fourth-order valence-electron chi connectivity index (χ4n) is 2.12. The van der Waals surface area contributed by atoms with Crippen LogP contribution in [0.3, 0.4) is 0 Å². The van der Waals surface area contributed by atoms with E-state index < -0.39 is 11.7 Å². The van der Waals surface area contributed by atoms with Crippen molar-refractivity contribution < 1.29 is 13.2 Å². The highest BCUT2D eigenvalue weighted by atomic mass is 19.4. The van der Waals surface area contributed by atoms with Gasteiger partial charge < -0.3 is 10.6 Å². The first-order valence-corrected chi connectivity index (χ1v) is 6.16. The van der Waals surface area contributed by atoms with E-state index in [1.807, 2.05) is 0 Å². The molecule has 1 aliphatic heterocycles. The molecule has 2 rings (SSSR count). The van der Waals surface area contributed by atoms with E-state index in [2.05, 4.69) is 10.6 Å². The van der Waals surface area contributed by atoms with Gasteiger partial charge in [-0.2, -0.15) is 13.2 Å². The van der Waals surface area contributed by atoms with Crippen LogP contribution in [0.25, 0.3) is 0 Å². The highest BCUT2D eigenvalue weighted by Gasteiger charge is 2.29. The lowest BCUT2D eigenvalue weighted by Crippen LogP contribution is -2.48. The smallest absolute Gasteiger partial charge is 0.314 e. The number of rotatable bonds is 3. The van der Waals surface area contributed by atoms with E-state index >= 15 is 0 Å². The second-order valence-electron chi connectivity index (χ2n) is 4.59. The van der Waals surface area contributed by atoms with Crippen molar-refractivity contribution in [3.05, 3.63) is 35.4 Å². The van der Waals surface area contributed by atoms with Crippen LogP contribution in [0.1, 0.15) is 17.5 Å². The molecule has 1 aliphatic rings. The molecule has 0 amide bonds. The third-order valence-corrected chi connectivity index (χ3v) is 3.19. The van der Waals surface area contributed by atoms with Gasteiger partial charge in [-0.15, -0.1) is 0 Å². The van der Waals surface area contributed by atoms with E-state index in [4.69, 9.17) is 0 Å². The molecule has 0 saturated carbocycles. The molecule has 1 heterocycles. The number of nitrogens with one attached hydrogen (secondary N) is 2. The molecule has 1 atom stereocenters. The summed E-state index contributed by atoms with van der Waals surface area (Å²) in [5.74, 6) is 0. The second kappa shape index (κ2) is 5.71. The fourth-order valence-corrected chi connectivity index (χ4v) is 2.12. The minimum absolute atomic E-state index is 0.418. The molecular formula is C13H17F3N2. The summed E-state index contributed by atoms with van der Waals surface area (Å²) in [6.07, 6.45) is -2.50. The molecule has 18 heavy (non-hydrogen) atoms. The molecule has 0 bridgehead atoms. The Morgan fingerprint density at radius 3 is 2.39 bits per heavy atom. The van der Waals surface area contributed by atoms with Crippen molar-refractivity contribution >= 4 is 0 Å². The van der Waals surface area contributed by atoms with Gasteiger partial charge in [0.05, 0.1) is 5.56 Å². The maximum atomic E-state index is 12.4. The molecule has 1 fully saturated rings. The molecule has 1 aromatic carbocycles. The first kappa shape index (κ1) is 13.4. The molecule has 0 aromatic heterocycles. The van der Waals surface area contributed by atoms with Crippen molar-refractivity contribution in [2.24, 2.45) is 0 Å². The van der Waals surface area contributed by atoms with E-state index in [1.165, 1.54) is 0 Å². The van der Waals surface area contributed by atoms with E-state index in [0.717, 1.165) is 50.2 Å². The maximum Gasteiger partial charge on any atom is 0.416 e. The summed E-state index contributed by atoms with van der Waals surface area (Å²) in [7, 11) is 0. The average Bonchev–Trinajstić information content (AvgIpc) is 2.37. The van der Waals surface area contributed by atoms with E-state index in [0.29, 0.717) is 6.04 Å². The summed E-state index contributed by atoms with van der Waals surface area (Å²) >= 11 is 0. The Bertz CT molecular complexity index is 367. The average molecular weight is 258 g/mol. The maximum absolute atomic E-state index is 12.4. The van der Waals surface area contributed by atoms with Gasteiger partial charge >= 0.3 is 6.18 Å². The summed E-state index contributed by atoms with van der Waals surface area (Å²) in [6.45, 7) is 2.87. The van der Waals surface area contributed by atoms with Crippen LogP contribution in [0.4, 0.5) is 13.2 Å². The quantitative estimate of drug-likeness (QED) is 0.868.